The van der Waals surface area contributed by atoms with Crippen molar-refractivity contribution in [3.05, 3.63) is 63.3 Å². The van der Waals surface area contributed by atoms with Crippen LogP contribution in [0.3, 0.4) is 0 Å². The highest BCUT2D eigenvalue weighted by molar-refractivity contribution is 5.91. The standard InChI is InChI=1S/C16H19N3O3/c1-10-11(2)19-16(22)14(18-10)15(21)17-9-8-13(20)12-6-4-3-5-7-12/h3-7,13,20H,8-9H2,1-2H3,(H,17,21)(H,19,22). The summed E-state index contributed by atoms with van der Waals surface area (Å²) in [5.41, 5.74) is 1.37. The number of aliphatic hydroxyl groups is 1. The minimum atomic E-state index is -0.660. The highest BCUT2D eigenvalue weighted by atomic mass is 16.3. The minimum absolute atomic E-state index is 0.155. The van der Waals surface area contributed by atoms with Crippen LogP contribution >= 0.6 is 0 Å². The highest BCUT2D eigenvalue weighted by Gasteiger charge is 2.14. The van der Waals surface area contributed by atoms with Crippen molar-refractivity contribution < 1.29 is 9.90 Å². The van der Waals surface area contributed by atoms with Crippen molar-refractivity contribution in [1.82, 2.24) is 15.3 Å². The van der Waals surface area contributed by atoms with Crippen LogP contribution in [0.2, 0.25) is 0 Å². The van der Waals surface area contributed by atoms with Gasteiger partial charge in [-0.25, -0.2) is 4.98 Å². The second-order valence-electron chi connectivity index (χ2n) is 5.10. The van der Waals surface area contributed by atoms with Crippen molar-refractivity contribution in [2.75, 3.05) is 6.54 Å². The zero-order valence-corrected chi connectivity index (χ0v) is 12.6. The van der Waals surface area contributed by atoms with Gasteiger partial charge in [-0.15, -0.1) is 0 Å². The molecule has 0 aliphatic carbocycles. The van der Waals surface area contributed by atoms with E-state index in [-0.39, 0.29) is 12.2 Å². The van der Waals surface area contributed by atoms with E-state index < -0.39 is 17.6 Å². The number of rotatable bonds is 5. The molecule has 0 bridgehead atoms. The molecule has 0 saturated carbocycles. The molecule has 3 N–H and O–H groups in total. The molecule has 2 rings (SSSR count). The molecule has 0 fully saturated rings. The van der Waals surface area contributed by atoms with Gasteiger partial charge in [-0.3, -0.25) is 9.59 Å². The number of carbonyl (C=O) groups excluding carboxylic acids is 1. The fraction of sp³-hybridized carbons (Fsp3) is 0.312. The van der Waals surface area contributed by atoms with E-state index in [1.807, 2.05) is 30.3 Å². The number of carbonyl (C=O) groups is 1. The van der Waals surface area contributed by atoms with E-state index >= 15 is 0 Å². The van der Waals surface area contributed by atoms with Gasteiger partial charge in [0.25, 0.3) is 11.5 Å². The van der Waals surface area contributed by atoms with Crippen molar-refractivity contribution in [2.24, 2.45) is 0 Å². The van der Waals surface area contributed by atoms with E-state index in [1.165, 1.54) is 0 Å². The highest BCUT2D eigenvalue weighted by Crippen LogP contribution is 2.14. The minimum Gasteiger partial charge on any atom is -0.388 e. The van der Waals surface area contributed by atoms with Crippen LogP contribution < -0.4 is 10.9 Å². The number of aromatic amines is 1. The molecule has 0 aliphatic rings. The van der Waals surface area contributed by atoms with Crippen LogP contribution in [0.25, 0.3) is 0 Å². The first-order valence-electron chi connectivity index (χ1n) is 7.07. The number of hydrogen-bond acceptors (Lipinski definition) is 4. The van der Waals surface area contributed by atoms with Gasteiger partial charge in [0.2, 0.25) is 0 Å². The molecular weight excluding hydrogens is 282 g/mol. The molecule has 0 spiro atoms. The number of aromatic nitrogens is 2. The van der Waals surface area contributed by atoms with E-state index in [1.54, 1.807) is 13.8 Å². The normalized spacial score (nSPS) is 12.0. The number of nitrogens with zero attached hydrogens (tertiary/aromatic N) is 1. The third-order valence-corrected chi connectivity index (χ3v) is 3.44. The summed E-state index contributed by atoms with van der Waals surface area (Å²) in [4.78, 5) is 30.3. The zero-order chi connectivity index (χ0) is 16.1. The summed E-state index contributed by atoms with van der Waals surface area (Å²) in [6, 6.07) is 9.20. The molecule has 1 aromatic carbocycles. The Morgan fingerprint density at radius 1 is 1.32 bits per heavy atom. The lowest BCUT2D eigenvalue weighted by molar-refractivity contribution is 0.0935. The second kappa shape index (κ2) is 7.00. The van der Waals surface area contributed by atoms with E-state index in [4.69, 9.17) is 0 Å². The van der Waals surface area contributed by atoms with Gasteiger partial charge in [-0.1, -0.05) is 30.3 Å². The number of benzene rings is 1. The topological polar surface area (TPSA) is 95.1 Å². The Balaban J connectivity index is 1.94. The lowest BCUT2D eigenvalue weighted by Crippen LogP contribution is -2.33. The first-order valence-corrected chi connectivity index (χ1v) is 7.07. The van der Waals surface area contributed by atoms with Gasteiger partial charge in [0.05, 0.1) is 11.8 Å². The number of amides is 1. The maximum atomic E-state index is 12.0. The van der Waals surface area contributed by atoms with Gasteiger partial charge >= 0.3 is 0 Å². The Kier molecular flexibility index (Phi) is 5.06. The summed E-state index contributed by atoms with van der Waals surface area (Å²) in [6.45, 7) is 3.70. The smallest absolute Gasteiger partial charge is 0.279 e. The van der Waals surface area contributed by atoms with Crippen LogP contribution in [-0.2, 0) is 0 Å². The van der Waals surface area contributed by atoms with Crippen LogP contribution in [0, 0.1) is 13.8 Å². The fourth-order valence-electron chi connectivity index (χ4n) is 2.02. The van der Waals surface area contributed by atoms with Gasteiger partial charge in [-0.05, 0) is 25.8 Å². The van der Waals surface area contributed by atoms with Crippen LogP contribution in [0.5, 0.6) is 0 Å². The molecular formula is C16H19N3O3. The number of aliphatic hydroxyl groups excluding tert-OH is 1. The number of hydrogen-bond donors (Lipinski definition) is 3. The van der Waals surface area contributed by atoms with Crippen LogP contribution in [0.15, 0.2) is 35.1 Å². The molecule has 1 atom stereocenters. The van der Waals surface area contributed by atoms with Crippen molar-refractivity contribution in [3.63, 3.8) is 0 Å². The predicted molar refractivity (Wildman–Crippen MR) is 82.7 cm³/mol. The van der Waals surface area contributed by atoms with E-state index in [9.17, 15) is 14.7 Å². The molecule has 0 saturated heterocycles. The summed E-state index contributed by atoms with van der Waals surface area (Å²) in [7, 11) is 0. The molecule has 22 heavy (non-hydrogen) atoms. The molecule has 0 radical (unpaired) electrons. The monoisotopic (exact) mass is 301 g/mol. The summed E-state index contributed by atoms with van der Waals surface area (Å²) in [6.07, 6.45) is -0.300. The molecule has 6 heteroatoms. The zero-order valence-electron chi connectivity index (χ0n) is 12.6. The van der Waals surface area contributed by atoms with Gasteiger partial charge in [0.1, 0.15) is 0 Å². The number of nitrogens with one attached hydrogen (secondary N) is 2. The van der Waals surface area contributed by atoms with Crippen molar-refractivity contribution in [3.8, 4) is 0 Å². The van der Waals surface area contributed by atoms with Crippen molar-refractivity contribution in [2.45, 2.75) is 26.4 Å². The average molecular weight is 301 g/mol. The Bertz CT molecular complexity index is 710. The van der Waals surface area contributed by atoms with E-state index in [0.717, 1.165) is 5.56 Å². The molecule has 116 valence electrons. The summed E-state index contributed by atoms with van der Waals surface area (Å²) in [5, 5.41) is 12.6. The SMILES string of the molecule is Cc1nc(C(=O)NCCC(O)c2ccccc2)c(=O)[nH]c1C. The first kappa shape index (κ1) is 15.9. The van der Waals surface area contributed by atoms with E-state index in [2.05, 4.69) is 15.3 Å². The molecule has 1 aromatic heterocycles. The Morgan fingerprint density at radius 2 is 2.00 bits per heavy atom. The third kappa shape index (κ3) is 3.79. The van der Waals surface area contributed by atoms with Crippen LogP contribution in [0.4, 0.5) is 0 Å². The average Bonchev–Trinajstić information content (AvgIpc) is 2.51. The quantitative estimate of drug-likeness (QED) is 0.774. The number of H-pyrrole nitrogens is 1. The van der Waals surface area contributed by atoms with Gasteiger partial charge < -0.3 is 15.4 Å². The fourth-order valence-corrected chi connectivity index (χ4v) is 2.02. The predicted octanol–water partition coefficient (Wildman–Crippen LogP) is 1.24. The molecule has 1 unspecified atom stereocenters. The Hall–Kier alpha value is -2.47. The molecule has 1 heterocycles. The van der Waals surface area contributed by atoms with E-state index in [0.29, 0.717) is 17.8 Å². The third-order valence-electron chi connectivity index (χ3n) is 3.44. The Morgan fingerprint density at radius 3 is 2.68 bits per heavy atom. The molecule has 0 aliphatic heterocycles. The lowest BCUT2D eigenvalue weighted by atomic mass is 10.1. The summed E-state index contributed by atoms with van der Waals surface area (Å²) < 4.78 is 0. The number of aryl methyl sites for hydroxylation is 2. The van der Waals surface area contributed by atoms with Crippen molar-refractivity contribution in [1.29, 1.82) is 0 Å². The lowest BCUT2D eigenvalue weighted by Gasteiger charge is -2.11. The molecule has 2 aromatic rings. The van der Waals surface area contributed by atoms with Crippen LogP contribution in [0.1, 0.15) is 40.0 Å². The largest absolute Gasteiger partial charge is 0.388 e. The second-order valence-corrected chi connectivity index (χ2v) is 5.10. The van der Waals surface area contributed by atoms with Gasteiger partial charge in [-0.2, -0.15) is 0 Å². The maximum Gasteiger partial charge on any atom is 0.279 e. The summed E-state index contributed by atoms with van der Waals surface area (Å²) >= 11 is 0. The Labute approximate surface area is 128 Å². The van der Waals surface area contributed by atoms with Gasteiger partial charge in [0, 0.05) is 12.2 Å². The summed E-state index contributed by atoms with van der Waals surface area (Å²) in [5.74, 6) is -0.537. The molecule has 1 amide bonds. The first-order chi connectivity index (χ1) is 10.5. The van der Waals surface area contributed by atoms with Gasteiger partial charge in [0.15, 0.2) is 5.69 Å². The maximum absolute atomic E-state index is 12.0. The molecule has 6 nitrogen and oxygen atoms in total. The van der Waals surface area contributed by atoms with Crippen molar-refractivity contribution >= 4 is 5.91 Å². The van der Waals surface area contributed by atoms with Crippen LogP contribution in [-0.4, -0.2) is 27.5 Å².